The van der Waals surface area contributed by atoms with Gasteiger partial charge < -0.3 is 10.6 Å². The van der Waals surface area contributed by atoms with Crippen LogP contribution in [0, 0.1) is 0 Å². The second kappa shape index (κ2) is 4.67. The van der Waals surface area contributed by atoms with Crippen LogP contribution in [0.1, 0.15) is 6.92 Å². The molecule has 2 aromatic rings. The number of nitrogens with two attached hydrogens (primary N) is 1. The second-order valence-corrected chi connectivity index (χ2v) is 3.87. The first-order chi connectivity index (χ1) is 7.74. The topological polar surface area (TPSA) is 59.5 Å². The molecular formula is C10H14ClN5. The highest BCUT2D eigenvalue weighted by Gasteiger charge is 2.09. The summed E-state index contributed by atoms with van der Waals surface area (Å²) in [7, 11) is 0. The zero-order chi connectivity index (χ0) is 11.5. The summed E-state index contributed by atoms with van der Waals surface area (Å²) in [6.45, 7) is 4.22. The first-order valence-electron chi connectivity index (χ1n) is 5.21. The third-order valence-electron chi connectivity index (χ3n) is 2.35. The van der Waals surface area contributed by atoms with Gasteiger partial charge in [0.15, 0.2) is 5.65 Å². The highest BCUT2D eigenvalue weighted by atomic mass is 35.5. The van der Waals surface area contributed by atoms with E-state index in [0.717, 1.165) is 18.7 Å². The average molecular weight is 240 g/mol. The van der Waals surface area contributed by atoms with Crippen molar-refractivity contribution >= 4 is 23.2 Å². The minimum absolute atomic E-state index is 0.587. The van der Waals surface area contributed by atoms with E-state index in [9.17, 15) is 0 Å². The van der Waals surface area contributed by atoms with Crippen LogP contribution in [0.4, 0.5) is 5.95 Å². The molecule has 0 aromatic carbocycles. The Bertz CT molecular complexity index is 481. The van der Waals surface area contributed by atoms with Crippen LogP contribution < -0.4 is 10.6 Å². The predicted octanol–water partition coefficient (Wildman–Crippen LogP) is 1.17. The Kier molecular flexibility index (Phi) is 3.26. The van der Waals surface area contributed by atoms with Crippen molar-refractivity contribution in [3.8, 4) is 0 Å². The number of aromatic nitrogens is 3. The van der Waals surface area contributed by atoms with Gasteiger partial charge in [0, 0.05) is 25.8 Å². The Labute approximate surface area is 98.8 Å². The van der Waals surface area contributed by atoms with Gasteiger partial charge in [-0.05, 0) is 19.1 Å². The zero-order valence-corrected chi connectivity index (χ0v) is 9.85. The van der Waals surface area contributed by atoms with E-state index in [2.05, 4.69) is 10.1 Å². The van der Waals surface area contributed by atoms with E-state index in [-0.39, 0.29) is 0 Å². The maximum absolute atomic E-state index is 5.88. The van der Waals surface area contributed by atoms with Crippen molar-refractivity contribution in [1.29, 1.82) is 0 Å². The zero-order valence-electron chi connectivity index (χ0n) is 9.10. The van der Waals surface area contributed by atoms with Crippen LogP contribution in [0.5, 0.6) is 0 Å². The van der Waals surface area contributed by atoms with E-state index in [1.807, 2.05) is 17.9 Å². The lowest BCUT2D eigenvalue weighted by Gasteiger charge is -2.16. The monoisotopic (exact) mass is 239 g/mol. The maximum Gasteiger partial charge on any atom is 0.245 e. The number of halogens is 1. The Hall–Kier alpha value is -1.33. The van der Waals surface area contributed by atoms with Crippen LogP contribution in [0.2, 0.25) is 5.02 Å². The molecular weight excluding hydrogens is 226 g/mol. The van der Waals surface area contributed by atoms with E-state index in [1.165, 1.54) is 0 Å². The summed E-state index contributed by atoms with van der Waals surface area (Å²) in [5.74, 6) is 0.690. The van der Waals surface area contributed by atoms with Crippen molar-refractivity contribution in [2.45, 2.75) is 6.92 Å². The van der Waals surface area contributed by atoms with Crippen molar-refractivity contribution < 1.29 is 0 Å². The van der Waals surface area contributed by atoms with Crippen LogP contribution in [-0.4, -0.2) is 34.2 Å². The van der Waals surface area contributed by atoms with E-state index in [0.29, 0.717) is 17.5 Å². The summed E-state index contributed by atoms with van der Waals surface area (Å²) in [4.78, 5) is 6.44. The Morgan fingerprint density at radius 1 is 1.50 bits per heavy atom. The highest BCUT2D eigenvalue weighted by Crippen LogP contribution is 2.13. The number of pyridine rings is 1. The van der Waals surface area contributed by atoms with Gasteiger partial charge in [-0.25, -0.2) is 4.52 Å². The summed E-state index contributed by atoms with van der Waals surface area (Å²) in [6.07, 6.45) is 1.74. The van der Waals surface area contributed by atoms with E-state index < -0.39 is 0 Å². The highest BCUT2D eigenvalue weighted by molar-refractivity contribution is 6.30. The molecule has 0 saturated heterocycles. The SMILES string of the molecule is CCN(CCN)c1nc2ccc(Cl)cn2n1. The van der Waals surface area contributed by atoms with Gasteiger partial charge in [0.1, 0.15) is 0 Å². The Morgan fingerprint density at radius 2 is 2.31 bits per heavy atom. The van der Waals surface area contributed by atoms with Crippen molar-refractivity contribution in [1.82, 2.24) is 14.6 Å². The van der Waals surface area contributed by atoms with Crippen LogP contribution in [0.15, 0.2) is 18.3 Å². The van der Waals surface area contributed by atoms with Crippen molar-refractivity contribution in [3.63, 3.8) is 0 Å². The van der Waals surface area contributed by atoms with Crippen molar-refractivity contribution in [3.05, 3.63) is 23.4 Å². The van der Waals surface area contributed by atoms with Crippen LogP contribution >= 0.6 is 11.6 Å². The number of rotatable bonds is 4. The molecule has 0 amide bonds. The van der Waals surface area contributed by atoms with E-state index in [1.54, 1.807) is 16.8 Å². The summed E-state index contributed by atoms with van der Waals surface area (Å²) in [5, 5.41) is 5.00. The molecule has 5 nitrogen and oxygen atoms in total. The molecule has 0 aliphatic carbocycles. The molecule has 0 aliphatic rings. The van der Waals surface area contributed by atoms with E-state index in [4.69, 9.17) is 17.3 Å². The van der Waals surface area contributed by atoms with Crippen LogP contribution in [0.3, 0.4) is 0 Å². The van der Waals surface area contributed by atoms with Gasteiger partial charge in [0.25, 0.3) is 0 Å². The first kappa shape index (κ1) is 11.2. The third kappa shape index (κ3) is 2.10. The quantitative estimate of drug-likeness (QED) is 0.870. The molecule has 0 atom stereocenters. The molecule has 0 spiro atoms. The van der Waals surface area contributed by atoms with Crippen LogP contribution in [-0.2, 0) is 0 Å². The summed E-state index contributed by atoms with van der Waals surface area (Å²) >= 11 is 5.88. The minimum Gasteiger partial charge on any atom is -0.339 e. The van der Waals surface area contributed by atoms with E-state index >= 15 is 0 Å². The molecule has 86 valence electrons. The largest absolute Gasteiger partial charge is 0.339 e. The molecule has 0 unspecified atom stereocenters. The molecule has 6 heteroatoms. The van der Waals surface area contributed by atoms with Crippen molar-refractivity contribution in [2.75, 3.05) is 24.5 Å². The molecule has 16 heavy (non-hydrogen) atoms. The van der Waals surface area contributed by atoms with Crippen molar-refractivity contribution in [2.24, 2.45) is 5.73 Å². The molecule has 0 saturated carbocycles. The lowest BCUT2D eigenvalue weighted by Crippen LogP contribution is -2.30. The van der Waals surface area contributed by atoms with Gasteiger partial charge in [0.2, 0.25) is 5.95 Å². The predicted molar refractivity (Wildman–Crippen MR) is 64.9 cm³/mol. The van der Waals surface area contributed by atoms with Gasteiger partial charge in [-0.2, -0.15) is 4.98 Å². The summed E-state index contributed by atoms with van der Waals surface area (Å²) in [5.41, 5.74) is 6.32. The molecule has 0 bridgehead atoms. The molecule has 0 radical (unpaired) electrons. The Morgan fingerprint density at radius 3 is 3.00 bits per heavy atom. The summed E-state index contributed by atoms with van der Waals surface area (Å²) < 4.78 is 1.68. The van der Waals surface area contributed by atoms with Gasteiger partial charge >= 0.3 is 0 Å². The smallest absolute Gasteiger partial charge is 0.245 e. The van der Waals surface area contributed by atoms with Gasteiger partial charge in [0.05, 0.1) is 5.02 Å². The molecule has 2 heterocycles. The number of likely N-dealkylation sites (N-methyl/N-ethyl adjacent to an activating group) is 1. The lowest BCUT2D eigenvalue weighted by molar-refractivity contribution is 0.779. The number of hydrogen-bond acceptors (Lipinski definition) is 4. The first-order valence-corrected chi connectivity index (χ1v) is 5.59. The van der Waals surface area contributed by atoms with Gasteiger partial charge in [-0.15, -0.1) is 5.10 Å². The second-order valence-electron chi connectivity index (χ2n) is 3.43. The van der Waals surface area contributed by atoms with Crippen LogP contribution in [0.25, 0.3) is 5.65 Å². The molecule has 2 N–H and O–H groups in total. The normalized spacial score (nSPS) is 10.9. The third-order valence-corrected chi connectivity index (χ3v) is 2.57. The number of anilines is 1. The fourth-order valence-corrected chi connectivity index (χ4v) is 1.69. The maximum atomic E-state index is 5.88. The Balaban J connectivity index is 2.37. The molecule has 2 rings (SSSR count). The number of fused-ring (bicyclic) bond motifs is 1. The number of nitrogens with zero attached hydrogens (tertiary/aromatic N) is 4. The molecule has 0 fully saturated rings. The summed E-state index contributed by atoms with van der Waals surface area (Å²) in [6, 6.07) is 3.64. The average Bonchev–Trinajstić information content (AvgIpc) is 2.68. The fourth-order valence-electron chi connectivity index (χ4n) is 1.54. The molecule has 0 aliphatic heterocycles. The standard InChI is InChI=1S/C10H14ClN5/c1-2-15(6-5-12)10-13-9-4-3-8(11)7-16(9)14-10/h3-4,7H,2,5-6,12H2,1H3. The lowest BCUT2D eigenvalue weighted by atomic mass is 10.5. The van der Waals surface area contributed by atoms with Gasteiger partial charge in [-0.1, -0.05) is 11.6 Å². The van der Waals surface area contributed by atoms with Gasteiger partial charge in [-0.3, -0.25) is 0 Å². The molecule has 2 aromatic heterocycles. The number of hydrogen-bond donors (Lipinski definition) is 1. The minimum atomic E-state index is 0.587. The fraction of sp³-hybridized carbons (Fsp3) is 0.400.